The smallest absolute Gasteiger partial charge is 0.217 e. The van der Waals surface area contributed by atoms with Crippen LogP contribution in [0.2, 0.25) is 0 Å². The number of unbranched alkanes of at least 4 members (excludes halogenated alkanes) is 1. The molecule has 11 atom stereocenters. The van der Waals surface area contributed by atoms with E-state index in [-0.39, 0.29) is 13.2 Å². The van der Waals surface area contributed by atoms with Gasteiger partial charge < -0.3 is 54.4 Å². The fourth-order valence-electron chi connectivity index (χ4n) is 5.22. The molecule has 228 valence electrons. The molecule has 13 nitrogen and oxygen atoms in total. The molecule has 1 unspecified atom stereocenters. The number of ether oxygens (including phenoxy) is 6. The van der Waals surface area contributed by atoms with Crippen molar-refractivity contribution >= 4 is 11.8 Å². The largest absolute Gasteiger partial charge is 0.394 e. The van der Waals surface area contributed by atoms with Gasteiger partial charge in [0, 0.05) is 19.4 Å². The van der Waals surface area contributed by atoms with Gasteiger partial charge in [-0.15, -0.1) is 6.58 Å². The molecule has 0 bridgehead atoms. The average Bonchev–Trinajstić information content (AvgIpc) is 2.96. The van der Waals surface area contributed by atoms with E-state index in [0.29, 0.717) is 12.8 Å². The van der Waals surface area contributed by atoms with Gasteiger partial charge in [0.2, 0.25) is 11.8 Å². The van der Waals surface area contributed by atoms with Gasteiger partial charge in [-0.05, 0) is 12.8 Å². The Balaban J connectivity index is 1.51. The molecule has 0 radical (unpaired) electrons. The molecule has 0 spiro atoms. The Bertz CT molecular complexity index is 1010. The Labute approximate surface area is 238 Å². The number of carbonyl (C=O) groups excluding carboxylic acids is 2. The number of benzene rings is 1. The minimum Gasteiger partial charge on any atom is -0.394 e. The SMILES string of the molecule is C=CCCCO[C@@H]1O[C@H](CO)[C@@H](O[C@@H]2O[C@@H]3COC(c4ccccc4)O[C@H]3[C@H](O)[C@H]2NC(C)=O)[C@H](O)[C@H]1NC(C)=O. The zero-order chi connectivity index (χ0) is 29.5. The van der Waals surface area contributed by atoms with Crippen molar-refractivity contribution < 1.29 is 53.3 Å². The van der Waals surface area contributed by atoms with Crippen molar-refractivity contribution in [1.82, 2.24) is 10.6 Å². The summed E-state index contributed by atoms with van der Waals surface area (Å²) in [6.07, 6.45) is -6.70. The summed E-state index contributed by atoms with van der Waals surface area (Å²) >= 11 is 0. The van der Waals surface area contributed by atoms with Crippen molar-refractivity contribution in [3.8, 4) is 0 Å². The van der Waals surface area contributed by atoms with Crippen LogP contribution in [0, 0.1) is 0 Å². The Morgan fingerprint density at radius 2 is 1.71 bits per heavy atom. The van der Waals surface area contributed by atoms with Crippen molar-refractivity contribution in [2.75, 3.05) is 19.8 Å². The van der Waals surface area contributed by atoms with E-state index in [1.807, 2.05) is 30.3 Å². The topological polar surface area (TPSA) is 174 Å². The number of aliphatic hydroxyl groups is 3. The normalized spacial score (nSPS) is 37.0. The average molecular weight is 581 g/mol. The molecule has 0 saturated carbocycles. The van der Waals surface area contributed by atoms with Crippen LogP contribution in [0.4, 0.5) is 0 Å². The Morgan fingerprint density at radius 3 is 2.34 bits per heavy atom. The second-order valence-corrected chi connectivity index (χ2v) is 10.3. The van der Waals surface area contributed by atoms with Gasteiger partial charge >= 0.3 is 0 Å². The van der Waals surface area contributed by atoms with E-state index in [4.69, 9.17) is 28.4 Å². The number of carbonyl (C=O) groups is 2. The number of hydrogen-bond acceptors (Lipinski definition) is 11. The maximum Gasteiger partial charge on any atom is 0.217 e. The first-order chi connectivity index (χ1) is 19.7. The van der Waals surface area contributed by atoms with Crippen LogP contribution in [0.5, 0.6) is 0 Å². The minimum absolute atomic E-state index is 0.0518. The highest BCUT2D eigenvalue weighted by atomic mass is 16.8. The molecule has 3 aliphatic heterocycles. The number of hydrogen-bond donors (Lipinski definition) is 5. The van der Waals surface area contributed by atoms with E-state index >= 15 is 0 Å². The summed E-state index contributed by atoms with van der Waals surface area (Å²) in [5.41, 5.74) is 0.756. The number of nitrogens with one attached hydrogen (secondary N) is 2. The van der Waals surface area contributed by atoms with Gasteiger partial charge in [-0.1, -0.05) is 36.4 Å². The summed E-state index contributed by atoms with van der Waals surface area (Å²) in [5.74, 6) is -0.897. The zero-order valence-electron chi connectivity index (χ0n) is 23.2. The van der Waals surface area contributed by atoms with Crippen LogP contribution in [0.3, 0.4) is 0 Å². The lowest BCUT2D eigenvalue weighted by Gasteiger charge is -2.50. The van der Waals surface area contributed by atoms with Gasteiger partial charge in [-0.2, -0.15) is 0 Å². The van der Waals surface area contributed by atoms with Gasteiger partial charge in [0.1, 0.15) is 48.7 Å². The summed E-state index contributed by atoms with van der Waals surface area (Å²) < 4.78 is 35.8. The molecule has 5 N–H and O–H groups in total. The Kier molecular flexibility index (Phi) is 11.2. The summed E-state index contributed by atoms with van der Waals surface area (Å²) in [6.45, 7) is 5.99. The molecule has 3 aliphatic rings. The first-order valence-corrected chi connectivity index (χ1v) is 13.8. The van der Waals surface area contributed by atoms with Gasteiger partial charge in [0.05, 0.1) is 19.8 Å². The number of fused-ring (bicyclic) bond motifs is 1. The quantitative estimate of drug-likeness (QED) is 0.171. The van der Waals surface area contributed by atoms with Crippen molar-refractivity contribution in [3.05, 3.63) is 48.6 Å². The monoisotopic (exact) mass is 580 g/mol. The highest BCUT2D eigenvalue weighted by molar-refractivity contribution is 5.73. The van der Waals surface area contributed by atoms with E-state index in [0.717, 1.165) is 5.56 Å². The molecular weight excluding hydrogens is 540 g/mol. The van der Waals surface area contributed by atoms with Gasteiger partial charge in [0.25, 0.3) is 0 Å². The third-order valence-corrected chi connectivity index (χ3v) is 7.16. The molecule has 0 aromatic heterocycles. The predicted octanol–water partition coefficient (Wildman–Crippen LogP) is -0.358. The number of rotatable bonds is 11. The van der Waals surface area contributed by atoms with E-state index in [1.54, 1.807) is 6.08 Å². The summed E-state index contributed by atoms with van der Waals surface area (Å²) in [4.78, 5) is 24.1. The molecule has 3 fully saturated rings. The maximum absolute atomic E-state index is 12.1. The molecule has 13 heteroatoms. The van der Waals surface area contributed by atoms with Crippen LogP contribution in [-0.4, -0.2) is 108 Å². The summed E-state index contributed by atoms with van der Waals surface area (Å²) in [7, 11) is 0. The fraction of sp³-hybridized carbons (Fsp3) is 0.643. The van der Waals surface area contributed by atoms with Crippen molar-refractivity contribution in [3.63, 3.8) is 0 Å². The fourth-order valence-corrected chi connectivity index (χ4v) is 5.22. The Hall–Kier alpha value is -2.46. The number of allylic oxidation sites excluding steroid dienone is 1. The third-order valence-electron chi connectivity index (χ3n) is 7.16. The van der Waals surface area contributed by atoms with E-state index in [9.17, 15) is 24.9 Å². The van der Waals surface area contributed by atoms with Crippen LogP contribution >= 0.6 is 0 Å². The van der Waals surface area contributed by atoms with Gasteiger partial charge in [-0.25, -0.2) is 0 Å². The predicted molar refractivity (Wildman–Crippen MR) is 142 cm³/mol. The molecular formula is C28H40N2O11. The van der Waals surface area contributed by atoms with Crippen LogP contribution in [0.1, 0.15) is 38.5 Å². The number of amides is 2. The molecule has 2 amide bonds. The van der Waals surface area contributed by atoms with Gasteiger partial charge in [0.15, 0.2) is 18.9 Å². The lowest BCUT2D eigenvalue weighted by Crippen LogP contribution is -2.70. The lowest BCUT2D eigenvalue weighted by molar-refractivity contribution is -0.365. The standard InChI is InChI=1S/C28H40N2O11/c1-4-5-9-12-36-27-20(29-15(2)32)22(34)24(18(13-31)38-27)41-28-21(30-16(3)33)23(35)25-19(39-28)14-37-26(40-25)17-10-7-6-8-11-17/h4,6-8,10-11,18-28,31,34-35H,1,5,9,12-14H2,2-3H3,(H,29,32)(H,30,33)/t18-,19-,20-,21-,22-,23-,24-,25-,26?,27-,28+/m1/s1. The van der Waals surface area contributed by atoms with Gasteiger partial charge in [-0.3, -0.25) is 9.59 Å². The van der Waals surface area contributed by atoms with E-state index in [1.165, 1.54) is 13.8 Å². The third kappa shape index (κ3) is 7.69. The second-order valence-electron chi connectivity index (χ2n) is 10.3. The molecule has 0 aliphatic carbocycles. The molecule has 1 aromatic rings. The Morgan fingerprint density at radius 1 is 1.02 bits per heavy atom. The number of aliphatic hydroxyl groups excluding tert-OH is 3. The molecule has 1 aromatic carbocycles. The van der Waals surface area contributed by atoms with Crippen molar-refractivity contribution in [2.45, 2.75) is 94.3 Å². The van der Waals surface area contributed by atoms with Crippen LogP contribution < -0.4 is 10.6 Å². The highest BCUT2D eigenvalue weighted by Crippen LogP contribution is 2.36. The summed E-state index contributed by atoms with van der Waals surface area (Å²) in [6, 6.07) is 7.05. The van der Waals surface area contributed by atoms with Crippen molar-refractivity contribution in [2.24, 2.45) is 0 Å². The van der Waals surface area contributed by atoms with Crippen LogP contribution in [0.25, 0.3) is 0 Å². The van der Waals surface area contributed by atoms with E-state index < -0.39 is 86.0 Å². The second kappa shape index (κ2) is 14.6. The molecule has 41 heavy (non-hydrogen) atoms. The molecule has 3 saturated heterocycles. The van der Waals surface area contributed by atoms with Crippen LogP contribution in [-0.2, 0) is 38.0 Å². The van der Waals surface area contributed by atoms with Crippen LogP contribution in [0.15, 0.2) is 43.0 Å². The maximum atomic E-state index is 12.1. The lowest BCUT2D eigenvalue weighted by atomic mass is 9.94. The highest BCUT2D eigenvalue weighted by Gasteiger charge is 2.54. The summed E-state index contributed by atoms with van der Waals surface area (Å²) in [5, 5.41) is 38.1. The van der Waals surface area contributed by atoms with E-state index in [2.05, 4.69) is 17.2 Å². The first-order valence-electron chi connectivity index (χ1n) is 13.8. The minimum atomic E-state index is -1.41. The molecule has 3 heterocycles. The van der Waals surface area contributed by atoms with Crippen molar-refractivity contribution in [1.29, 1.82) is 0 Å². The zero-order valence-corrected chi connectivity index (χ0v) is 23.2. The first kappa shape index (κ1) is 31.5. The molecule has 4 rings (SSSR count).